The largest absolute Gasteiger partial charge is 0.497 e. The van der Waals surface area contributed by atoms with E-state index in [9.17, 15) is 9.59 Å². The first-order valence-electron chi connectivity index (χ1n) is 15.6. The number of rotatable bonds is 11. The topological polar surface area (TPSA) is 78.0 Å². The van der Waals surface area contributed by atoms with Gasteiger partial charge in [0.25, 0.3) is 11.8 Å². The summed E-state index contributed by atoms with van der Waals surface area (Å²) in [4.78, 5) is 37.0. The van der Waals surface area contributed by atoms with Crippen LogP contribution in [0.2, 0.25) is 0 Å². The molecule has 1 atom stereocenters. The molecule has 2 saturated heterocycles. The summed E-state index contributed by atoms with van der Waals surface area (Å²) in [7, 11) is 1.70. The molecule has 5 rings (SSSR count). The number of carbonyl (C=O) groups is 2. The maximum absolute atomic E-state index is 13.0. The minimum atomic E-state index is -0.0749. The Morgan fingerprint density at radius 3 is 2.44 bits per heavy atom. The minimum absolute atomic E-state index is 0.0642. The maximum atomic E-state index is 13.0. The van der Waals surface area contributed by atoms with Crippen LogP contribution in [0.25, 0.3) is 0 Å². The van der Waals surface area contributed by atoms with Crippen molar-refractivity contribution in [2.45, 2.75) is 64.6 Å². The summed E-state index contributed by atoms with van der Waals surface area (Å²) in [5.74, 6) is 0.851. The number of nitrogens with zero attached hydrogens (tertiary/aromatic N) is 4. The third-order valence-corrected chi connectivity index (χ3v) is 9.00. The molecule has 0 spiro atoms. The van der Waals surface area contributed by atoms with Gasteiger partial charge in [0, 0.05) is 80.6 Å². The molecule has 2 aromatic carbocycles. The third kappa shape index (κ3) is 7.73. The second kappa shape index (κ2) is 14.5. The summed E-state index contributed by atoms with van der Waals surface area (Å²) >= 11 is 0. The molecule has 1 aromatic heterocycles. The number of hydrogen-bond acceptors (Lipinski definition) is 6. The minimum Gasteiger partial charge on any atom is -0.497 e. The van der Waals surface area contributed by atoms with Gasteiger partial charge in [-0.1, -0.05) is 6.07 Å². The van der Waals surface area contributed by atoms with Crippen molar-refractivity contribution in [2.75, 3.05) is 44.7 Å². The van der Waals surface area contributed by atoms with Crippen molar-refractivity contribution in [3.05, 3.63) is 89.2 Å². The molecule has 228 valence electrons. The van der Waals surface area contributed by atoms with Gasteiger partial charge in [-0.05, 0) is 106 Å². The van der Waals surface area contributed by atoms with E-state index in [1.54, 1.807) is 19.2 Å². The highest BCUT2D eigenvalue weighted by atomic mass is 16.5. The average molecular weight is 584 g/mol. The van der Waals surface area contributed by atoms with Crippen molar-refractivity contribution in [3.63, 3.8) is 0 Å². The summed E-state index contributed by atoms with van der Waals surface area (Å²) < 4.78 is 5.39. The van der Waals surface area contributed by atoms with E-state index in [0.717, 1.165) is 76.1 Å². The van der Waals surface area contributed by atoms with Crippen molar-refractivity contribution in [1.82, 2.24) is 20.1 Å². The van der Waals surface area contributed by atoms with Crippen LogP contribution in [0, 0.1) is 6.92 Å². The predicted molar refractivity (Wildman–Crippen MR) is 171 cm³/mol. The standard InChI is InChI=1S/C35H45N5O3/c1-26-23-29(35(42)39-19-4-5-20-39)8-13-33(26)34(41)37-18-14-27(2)38-21-15-31(16-22-38)40(25-28-7-6-17-36-24-28)30-9-11-32(43-3)12-10-30/h6-13,17,23-24,27,31H,4-5,14-16,18-22,25H2,1-3H3,(H,37,41)/t27-/m1/s1. The van der Waals surface area contributed by atoms with Crippen molar-refractivity contribution in [2.24, 2.45) is 0 Å². The lowest BCUT2D eigenvalue weighted by Crippen LogP contribution is -2.48. The zero-order valence-electron chi connectivity index (χ0n) is 25.8. The third-order valence-electron chi connectivity index (χ3n) is 9.00. The van der Waals surface area contributed by atoms with Gasteiger partial charge in [-0.3, -0.25) is 14.6 Å². The number of nitrogens with one attached hydrogen (secondary N) is 1. The van der Waals surface area contributed by atoms with Crippen LogP contribution in [0.4, 0.5) is 5.69 Å². The average Bonchev–Trinajstić information content (AvgIpc) is 3.59. The van der Waals surface area contributed by atoms with E-state index in [2.05, 4.69) is 45.2 Å². The molecule has 0 aliphatic carbocycles. The molecule has 8 heteroatoms. The first-order chi connectivity index (χ1) is 20.9. The smallest absolute Gasteiger partial charge is 0.253 e. The van der Waals surface area contributed by atoms with Gasteiger partial charge in [0.2, 0.25) is 0 Å². The summed E-state index contributed by atoms with van der Waals surface area (Å²) in [5.41, 5.74) is 4.54. The molecule has 0 bridgehead atoms. The molecule has 0 saturated carbocycles. The number of methoxy groups -OCH3 is 1. The van der Waals surface area contributed by atoms with Gasteiger partial charge in [-0.2, -0.15) is 0 Å². The van der Waals surface area contributed by atoms with Gasteiger partial charge < -0.3 is 24.8 Å². The molecule has 2 amide bonds. The number of ether oxygens (including phenoxy) is 1. The van der Waals surface area contributed by atoms with Crippen LogP contribution in [0.1, 0.15) is 70.9 Å². The molecule has 0 unspecified atom stereocenters. The summed E-state index contributed by atoms with van der Waals surface area (Å²) in [6.07, 6.45) is 8.94. The molecular weight excluding hydrogens is 538 g/mol. The van der Waals surface area contributed by atoms with Gasteiger partial charge >= 0.3 is 0 Å². The summed E-state index contributed by atoms with van der Waals surface area (Å²) in [6, 6.07) is 18.7. The Labute approximate surface area is 256 Å². The number of amides is 2. The maximum Gasteiger partial charge on any atom is 0.253 e. The van der Waals surface area contributed by atoms with E-state index in [4.69, 9.17) is 4.74 Å². The zero-order chi connectivity index (χ0) is 30.2. The molecule has 8 nitrogen and oxygen atoms in total. The van der Waals surface area contributed by atoms with Gasteiger partial charge in [-0.15, -0.1) is 0 Å². The zero-order valence-corrected chi connectivity index (χ0v) is 25.8. The number of pyridine rings is 1. The normalized spacial score (nSPS) is 16.6. The van der Waals surface area contributed by atoms with Gasteiger partial charge in [-0.25, -0.2) is 0 Å². The molecule has 0 radical (unpaired) electrons. The van der Waals surface area contributed by atoms with Crippen LogP contribution in [0.3, 0.4) is 0 Å². The number of benzene rings is 2. The fourth-order valence-corrected chi connectivity index (χ4v) is 6.36. The van der Waals surface area contributed by atoms with Gasteiger partial charge in [0.15, 0.2) is 0 Å². The van der Waals surface area contributed by atoms with E-state index in [1.165, 1.54) is 11.3 Å². The molecule has 3 aromatic rings. The Bertz CT molecular complexity index is 1350. The van der Waals surface area contributed by atoms with Crippen LogP contribution in [-0.2, 0) is 6.54 Å². The van der Waals surface area contributed by atoms with Crippen LogP contribution in [0.5, 0.6) is 5.75 Å². The van der Waals surface area contributed by atoms with Gasteiger partial charge in [0.1, 0.15) is 5.75 Å². The van der Waals surface area contributed by atoms with Crippen molar-refractivity contribution < 1.29 is 14.3 Å². The number of aromatic nitrogens is 1. The Kier molecular flexibility index (Phi) is 10.3. The first kappa shape index (κ1) is 30.5. The number of aryl methyl sites for hydroxylation is 1. The molecule has 1 N–H and O–H groups in total. The number of carbonyl (C=O) groups excluding carboxylic acids is 2. The van der Waals surface area contributed by atoms with E-state index < -0.39 is 0 Å². The van der Waals surface area contributed by atoms with Crippen LogP contribution in [0.15, 0.2) is 67.0 Å². The Hall–Kier alpha value is -3.91. The second-order valence-corrected chi connectivity index (χ2v) is 11.9. The fraction of sp³-hybridized carbons (Fsp3) is 0.457. The van der Waals surface area contributed by atoms with Crippen LogP contribution in [-0.4, -0.2) is 78.5 Å². The number of hydrogen-bond donors (Lipinski definition) is 1. The quantitative estimate of drug-likeness (QED) is 0.330. The van der Waals surface area contributed by atoms with E-state index in [1.807, 2.05) is 48.5 Å². The van der Waals surface area contributed by atoms with E-state index in [-0.39, 0.29) is 11.8 Å². The highest BCUT2D eigenvalue weighted by molar-refractivity contribution is 5.99. The second-order valence-electron chi connectivity index (χ2n) is 11.9. The fourth-order valence-electron chi connectivity index (χ4n) is 6.36. The molecule has 43 heavy (non-hydrogen) atoms. The van der Waals surface area contributed by atoms with Crippen LogP contribution >= 0.6 is 0 Å². The Morgan fingerprint density at radius 1 is 1.05 bits per heavy atom. The van der Waals surface area contributed by atoms with Crippen molar-refractivity contribution in [1.29, 1.82) is 0 Å². The first-order valence-corrected chi connectivity index (χ1v) is 15.6. The molecule has 3 heterocycles. The molecular formula is C35H45N5O3. The highest BCUT2D eigenvalue weighted by Crippen LogP contribution is 2.28. The van der Waals surface area contributed by atoms with Crippen molar-refractivity contribution in [3.8, 4) is 5.75 Å². The highest BCUT2D eigenvalue weighted by Gasteiger charge is 2.27. The number of anilines is 1. The summed E-state index contributed by atoms with van der Waals surface area (Å²) in [6.45, 7) is 9.28. The summed E-state index contributed by atoms with van der Waals surface area (Å²) in [5, 5.41) is 3.11. The van der Waals surface area contributed by atoms with E-state index >= 15 is 0 Å². The molecule has 2 fully saturated rings. The van der Waals surface area contributed by atoms with Crippen LogP contribution < -0.4 is 15.0 Å². The lowest BCUT2D eigenvalue weighted by atomic mass is 9.99. The Balaban J connectivity index is 1.11. The lowest BCUT2D eigenvalue weighted by Gasteiger charge is -2.42. The SMILES string of the molecule is COc1ccc(N(Cc2cccnc2)C2CCN([C@H](C)CCNC(=O)c3ccc(C(=O)N4CCCC4)cc3C)CC2)cc1. The predicted octanol–water partition coefficient (Wildman–Crippen LogP) is 5.31. The lowest BCUT2D eigenvalue weighted by molar-refractivity contribution is 0.0791. The van der Waals surface area contributed by atoms with E-state index in [0.29, 0.717) is 29.8 Å². The number of likely N-dealkylation sites (tertiary alicyclic amines) is 2. The van der Waals surface area contributed by atoms with Crippen molar-refractivity contribution >= 4 is 17.5 Å². The molecule has 2 aliphatic heterocycles. The Morgan fingerprint density at radius 2 is 1.79 bits per heavy atom. The molecule has 2 aliphatic rings. The monoisotopic (exact) mass is 583 g/mol. The number of piperidine rings is 1. The van der Waals surface area contributed by atoms with Gasteiger partial charge in [0.05, 0.1) is 7.11 Å².